The molecule has 0 bridgehead atoms. The Morgan fingerprint density at radius 1 is 1.14 bits per heavy atom. The van der Waals surface area contributed by atoms with Gasteiger partial charge in [0.2, 0.25) is 0 Å². The normalized spacial score (nSPS) is 17.0. The maximum Gasteiger partial charge on any atom is 0.274 e. The van der Waals surface area contributed by atoms with Crippen LogP contribution in [-0.4, -0.2) is 35.6 Å². The lowest BCUT2D eigenvalue weighted by atomic mass is 9.94. The van der Waals surface area contributed by atoms with Crippen LogP contribution < -0.4 is 15.0 Å². The Hall–Kier alpha value is -2.63. The number of methoxy groups -OCH3 is 1. The largest absolute Gasteiger partial charge is 0.497 e. The maximum atomic E-state index is 12.9. The van der Waals surface area contributed by atoms with E-state index in [1.165, 1.54) is 51.3 Å². The van der Waals surface area contributed by atoms with Crippen molar-refractivity contribution < 1.29 is 9.53 Å². The van der Waals surface area contributed by atoms with Crippen LogP contribution in [0.1, 0.15) is 61.0 Å². The third-order valence-electron chi connectivity index (χ3n) is 6.03. The molecule has 0 aliphatic heterocycles. The average Bonchev–Trinajstić information content (AvgIpc) is 3.58. The third-order valence-corrected chi connectivity index (χ3v) is 6.03. The van der Waals surface area contributed by atoms with E-state index in [2.05, 4.69) is 20.2 Å². The number of hydrogen-bond acceptors (Lipinski definition) is 5. The fraction of sp³-hybridized carbons (Fsp3) is 0.522. The topological polar surface area (TPSA) is 67.3 Å². The summed E-state index contributed by atoms with van der Waals surface area (Å²) >= 11 is 0. The van der Waals surface area contributed by atoms with Crippen LogP contribution in [0.25, 0.3) is 0 Å². The highest BCUT2D eigenvalue weighted by Gasteiger charge is 2.30. The van der Waals surface area contributed by atoms with E-state index in [1.54, 1.807) is 7.11 Å². The molecule has 4 rings (SSSR count). The molecule has 2 aliphatic rings. The lowest BCUT2D eigenvalue weighted by Gasteiger charge is -2.35. The fourth-order valence-electron chi connectivity index (χ4n) is 4.12. The number of ether oxygens (including phenoxy) is 1. The second-order valence-electron chi connectivity index (χ2n) is 8.28. The van der Waals surface area contributed by atoms with Crippen LogP contribution >= 0.6 is 0 Å². The van der Waals surface area contributed by atoms with Gasteiger partial charge < -0.3 is 15.0 Å². The summed E-state index contributed by atoms with van der Waals surface area (Å²) < 4.78 is 5.24. The Labute approximate surface area is 172 Å². The molecule has 1 heterocycles. The lowest BCUT2D eigenvalue weighted by molar-refractivity contribution is 0.102. The van der Waals surface area contributed by atoms with Crippen LogP contribution in [0.2, 0.25) is 0 Å². The van der Waals surface area contributed by atoms with E-state index in [0.29, 0.717) is 11.7 Å². The number of aryl methyl sites for hydroxylation is 1. The molecule has 154 valence electrons. The van der Waals surface area contributed by atoms with E-state index in [4.69, 9.17) is 4.74 Å². The van der Waals surface area contributed by atoms with Crippen molar-refractivity contribution in [1.29, 1.82) is 0 Å². The minimum Gasteiger partial charge on any atom is -0.497 e. The first kappa shape index (κ1) is 19.7. The number of anilines is 2. The molecule has 2 aliphatic carbocycles. The Morgan fingerprint density at radius 2 is 1.93 bits per heavy atom. The highest BCUT2D eigenvalue weighted by atomic mass is 16.5. The van der Waals surface area contributed by atoms with Gasteiger partial charge in [-0.25, -0.2) is 9.97 Å². The Balaban J connectivity index is 1.52. The summed E-state index contributed by atoms with van der Waals surface area (Å²) in [5.41, 5.74) is 2.12. The standard InChI is InChI=1S/C23H30N4O2/c1-16-12-19(29-2)10-11-20(16)26-23(28)21-13-22(25-15-24-21)27(14-17-8-9-17)18-6-4-3-5-7-18/h10-13,15,17-18H,3-9,14H2,1-2H3,(H,26,28). The molecule has 0 unspecified atom stereocenters. The molecular formula is C23H30N4O2. The summed E-state index contributed by atoms with van der Waals surface area (Å²) in [5, 5.41) is 2.97. The van der Waals surface area contributed by atoms with E-state index in [0.717, 1.165) is 35.3 Å². The summed E-state index contributed by atoms with van der Waals surface area (Å²) in [6, 6.07) is 7.98. The first-order valence-corrected chi connectivity index (χ1v) is 10.7. The number of carbonyl (C=O) groups excluding carboxylic acids is 1. The van der Waals surface area contributed by atoms with Gasteiger partial charge in [0, 0.05) is 24.3 Å². The molecule has 2 aromatic rings. The molecule has 1 amide bonds. The predicted molar refractivity (Wildman–Crippen MR) is 115 cm³/mol. The molecule has 29 heavy (non-hydrogen) atoms. The van der Waals surface area contributed by atoms with Crippen molar-refractivity contribution in [2.75, 3.05) is 23.9 Å². The van der Waals surface area contributed by atoms with Gasteiger partial charge in [0.05, 0.1) is 7.11 Å². The number of amides is 1. The minimum absolute atomic E-state index is 0.211. The third kappa shape index (κ3) is 4.86. The zero-order chi connectivity index (χ0) is 20.2. The van der Waals surface area contributed by atoms with Gasteiger partial charge in [0.1, 0.15) is 23.6 Å². The number of aromatic nitrogens is 2. The van der Waals surface area contributed by atoms with Crippen molar-refractivity contribution in [2.45, 2.75) is 57.9 Å². The van der Waals surface area contributed by atoms with Gasteiger partial charge in [-0.05, 0) is 62.3 Å². The fourth-order valence-corrected chi connectivity index (χ4v) is 4.12. The van der Waals surface area contributed by atoms with E-state index in [-0.39, 0.29) is 5.91 Å². The first-order chi connectivity index (χ1) is 14.1. The highest BCUT2D eigenvalue weighted by molar-refractivity contribution is 6.03. The molecule has 2 saturated carbocycles. The van der Waals surface area contributed by atoms with Gasteiger partial charge in [-0.15, -0.1) is 0 Å². The molecular weight excluding hydrogens is 364 g/mol. The predicted octanol–water partition coefficient (Wildman–Crippen LogP) is 4.60. The molecule has 0 saturated heterocycles. The van der Waals surface area contributed by atoms with Crippen molar-refractivity contribution in [1.82, 2.24) is 9.97 Å². The SMILES string of the molecule is COc1ccc(NC(=O)c2cc(N(CC3CC3)C3CCCCC3)ncn2)c(C)c1. The first-order valence-electron chi connectivity index (χ1n) is 10.7. The zero-order valence-corrected chi connectivity index (χ0v) is 17.4. The van der Waals surface area contributed by atoms with E-state index in [9.17, 15) is 4.79 Å². The Kier molecular flexibility index (Phi) is 5.97. The van der Waals surface area contributed by atoms with Crippen molar-refractivity contribution in [2.24, 2.45) is 5.92 Å². The van der Waals surface area contributed by atoms with Crippen LogP contribution in [0.15, 0.2) is 30.6 Å². The summed E-state index contributed by atoms with van der Waals surface area (Å²) in [6.07, 6.45) is 10.4. The summed E-state index contributed by atoms with van der Waals surface area (Å²) in [5.74, 6) is 2.21. The van der Waals surface area contributed by atoms with Crippen molar-refractivity contribution in [3.05, 3.63) is 41.9 Å². The maximum absolute atomic E-state index is 12.9. The van der Waals surface area contributed by atoms with Gasteiger partial charge in [-0.1, -0.05) is 19.3 Å². The van der Waals surface area contributed by atoms with Crippen molar-refractivity contribution >= 4 is 17.4 Å². The smallest absolute Gasteiger partial charge is 0.274 e. The van der Waals surface area contributed by atoms with Gasteiger partial charge in [-0.2, -0.15) is 0 Å². The molecule has 0 radical (unpaired) electrons. The number of hydrogen-bond donors (Lipinski definition) is 1. The molecule has 6 heteroatoms. The van der Waals surface area contributed by atoms with Gasteiger partial charge in [0.15, 0.2) is 0 Å². The second-order valence-corrected chi connectivity index (χ2v) is 8.28. The van der Waals surface area contributed by atoms with Crippen LogP contribution in [0.3, 0.4) is 0 Å². The summed E-state index contributed by atoms with van der Waals surface area (Å²) in [7, 11) is 1.63. The zero-order valence-electron chi connectivity index (χ0n) is 17.4. The quantitative estimate of drug-likeness (QED) is 0.744. The van der Waals surface area contributed by atoms with Crippen LogP contribution in [0.4, 0.5) is 11.5 Å². The number of carbonyl (C=O) groups is 1. The molecule has 1 aromatic carbocycles. The molecule has 1 aromatic heterocycles. The number of nitrogens with one attached hydrogen (secondary N) is 1. The van der Waals surface area contributed by atoms with Crippen molar-refractivity contribution in [3.63, 3.8) is 0 Å². The Bertz CT molecular complexity index is 860. The summed E-state index contributed by atoms with van der Waals surface area (Å²) in [6.45, 7) is 2.99. The van der Waals surface area contributed by atoms with E-state index in [1.807, 2.05) is 31.2 Å². The molecule has 6 nitrogen and oxygen atoms in total. The average molecular weight is 395 g/mol. The summed E-state index contributed by atoms with van der Waals surface area (Å²) in [4.78, 5) is 24.1. The van der Waals surface area contributed by atoms with Gasteiger partial charge >= 0.3 is 0 Å². The molecule has 1 N–H and O–H groups in total. The monoisotopic (exact) mass is 394 g/mol. The second kappa shape index (κ2) is 8.80. The van der Waals surface area contributed by atoms with Crippen molar-refractivity contribution in [3.8, 4) is 5.75 Å². The van der Waals surface area contributed by atoms with Crippen LogP contribution in [-0.2, 0) is 0 Å². The van der Waals surface area contributed by atoms with E-state index < -0.39 is 0 Å². The molecule has 0 spiro atoms. The molecule has 0 atom stereocenters. The molecule has 2 fully saturated rings. The minimum atomic E-state index is -0.211. The van der Waals surface area contributed by atoms with E-state index >= 15 is 0 Å². The number of benzene rings is 1. The van der Waals surface area contributed by atoms with Crippen LogP contribution in [0, 0.1) is 12.8 Å². The van der Waals surface area contributed by atoms with Crippen LogP contribution in [0.5, 0.6) is 5.75 Å². The number of rotatable bonds is 7. The number of nitrogens with zero attached hydrogens (tertiary/aromatic N) is 3. The highest BCUT2D eigenvalue weighted by Crippen LogP contribution is 2.34. The Morgan fingerprint density at radius 3 is 2.62 bits per heavy atom. The lowest BCUT2D eigenvalue weighted by Crippen LogP contribution is -2.39. The van der Waals surface area contributed by atoms with Gasteiger partial charge in [-0.3, -0.25) is 4.79 Å². The van der Waals surface area contributed by atoms with Gasteiger partial charge in [0.25, 0.3) is 5.91 Å².